The first kappa shape index (κ1) is 34.6. The number of carbonyl (C=O) groups is 3. The summed E-state index contributed by atoms with van der Waals surface area (Å²) >= 11 is 0. The SMILES string of the molecule is CCOC(=O)c1c2c(nn1CCN(C(=O)OC(C)(C)C)C(C)c1ccc(OC(F)F)cc1)C[C@@H](C)N(C(=O)OC(C)(C)C)C2. The standard InChI is InChI=1S/C31H44F2N4O7/c1-10-41-26(38)25-23-18-36(29(40)44-31(7,8)9)19(2)17-24(23)34-37(25)16-15-35(28(39)43-30(4,5)6)20(3)21-11-13-22(14-12-21)42-27(32)33/h11-14,19-20,27H,10,15-18H2,1-9H3/t19-,20?/m1/s1. The number of nitrogens with zero attached hydrogens (tertiary/aromatic N) is 4. The summed E-state index contributed by atoms with van der Waals surface area (Å²) in [5, 5.41) is 4.72. The highest BCUT2D eigenvalue weighted by Gasteiger charge is 2.37. The number of aromatic nitrogens is 2. The molecule has 11 nitrogen and oxygen atoms in total. The number of fused-ring (bicyclic) bond motifs is 1. The number of halogens is 2. The Morgan fingerprint density at radius 3 is 2.20 bits per heavy atom. The Balaban J connectivity index is 1.94. The normalized spacial score (nSPS) is 15.8. The molecule has 13 heteroatoms. The molecule has 2 aromatic rings. The van der Waals surface area contributed by atoms with Gasteiger partial charge in [-0.15, -0.1) is 0 Å². The van der Waals surface area contributed by atoms with E-state index in [1.165, 1.54) is 21.7 Å². The van der Waals surface area contributed by atoms with Crippen LogP contribution in [0, 0.1) is 0 Å². The molecule has 1 aliphatic rings. The molecule has 44 heavy (non-hydrogen) atoms. The number of rotatable bonds is 9. The van der Waals surface area contributed by atoms with Gasteiger partial charge in [0.1, 0.15) is 17.0 Å². The van der Waals surface area contributed by atoms with Crippen molar-refractivity contribution in [2.24, 2.45) is 0 Å². The number of benzene rings is 1. The fourth-order valence-corrected chi connectivity index (χ4v) is 4.82. The topological polar surface area (TPSA) is 112 Å². The predicted molar refractivity (Wildman–Crippen MR) is 158 cm³/mol. The first-order chi connectivity index (χ1) is 20.4. The van der Waals surface area contributed by atoms with Gasteiger partial charge in [0.05, 0.1) is 31.4 Å². The van der Waals surface area contributed by atoms with Crippen molar-refractivity contribution in [1.29, 1.82) is 0 Å². The number of amides is 2. The van der Waals surface area contributed by atoms with E-state index < -0.39 is 42.0 Å². The first-order valence-corrected chi connectivity index (χ1v) is 14.7. The van der Waals surface area contributed by atoms with Crippen LogP contribution in [0.3, 0.4) is 0 Å². The van der Waals surface area contributed by atoms with Crippen LogP contribution < -0.4 is 4.74 Å². The van der Waals surface area contributed by atoms with Gasteiger partial charge in [-0.2, -0.15) is 13.9 Å². The largest absolute Gasteiger partial charge is 0.461 e. The smallest absolute Gasteiger partial charge is 0.410 e. The van der Waals surface area contributed by atoms with Crippen molar-refractivity contribution < 1.29 is 42.1 Å². The van der Waals surface area contributed by atoms with Gasteiger partial charge in [-0.05, 0) is 80.0 Å². The molecular weight excluding hydrogens is 578 g/mol. The molecule has 2 heterocycles. The van der Waals surface area contributed by atoms with Crippen LogP contribution in [0.25, 0.3) is 0 Å². The fraction of sp³-hybridized carbons (Fsp3) is 0.613. The van der Waals surface area contributed by atoms with E-state index in [1.54, 1.807) is 72.4 Å². The van der Waals surface area contributed by atoms with E-state index in [4.69, 9.17) is 19.3 Å². The summed E-state index contributed by atoms with van der Waals surface area (Å²) in [4.78, 5) is 42.7. The molecule has 1 aromatic carbocycles. The Morgan fingerprint density at radius 2 is 1.66 bits per heavy atom. The molecule has 3 rings (SSSR count). The van der Waals surface area contributed by atoms with Crippen molar-refractivity contribution in [1.82, 2.24) is 19.6 Å². The number of ether oxygens (including phenoxy) is 4. The van der Waals surface area contributed by atoms with Crippen molar-refractivity contribution in [2.45, 2.75) is 112 Å². The molecule has 244 valence electrons. The Hall–Kier alpha value is -3.90. The average Bonchev–Trinajstić information content (AvgIpc) is 3.23. The van der Waals surface area contributed by atoms with Crippen LogP contribution >= 0.6 is 0 Å². The third-order valence-electron chi connectivity index (χ3n) is 6.82. The highest BCUT2D eigenvalue weighted by Crippen LogP contribution is 2.30. The number of esters is 1. The van der Waals surface area contributed by atoms with Crippen LogP contribution in [0.4, 0.5) is 18.4 Å². The van der Waals surface area contributed by atoms with Gasteiger partial charge in [0.15, 0.2) is 5.69 Å². The van der Waals surface area contributed by atoms with Crippen LogP contribution in [0.15, 0.2) is 24.3 Å². The lowest BCUT2D eigenvalue weighted by atomic mass is 10.00. The lowest BCUT2D eigenvalue weighted by Crippen LogP contribution is -2.45. The molecule has 2 atom stereocenters. The van der Waals surface area contributed by atoms with Crippen molar-refractivity contribution in [3.05, 3.63) is 46.8 Å². The zero-order valence-electron chi connectivity index (χ0n) is 27.0. The summed E-state index contributed by atoms with van der Waals surface area (Å²) in [6.45, 7) is 13.5. The van der Waals surface area contributed by atoms with Crippen LogP contribution in [0.5, 0.6) is 5.75 Å². The number of hydrogen-bond acceptors (Lipinski definition) is 8. The minimum atomic E-state index is -2.95. The zero-order chi connectivity index (χ0) is 33.0. The molecular formula is C31H44F2N4O7. The summed E-state index contributed by atoms with van der Waals surface area (Å²) in [5.41, 5.74) is 0.609. The molecule has 1 aliphatic heterocycles. The zero-order valence-corrected chi connectivity index (χ0v) is 27.0. The van der Waals surface area contributed by atoms with Crippen LogP contribution in [-0.4, -0.2) is 74.7 Å². The van der Waals surface area contributed by atoms with E-state index >= 15 is 0 Å². The predicted octanol–water partition coefficient (Wildman–Crippen LogP) is 6.34. The summed E-state index contributed by atoms with van der Waals surface area (Å²) in [6, 6.07) is 5.24. The molecule has 0 spiro atoms. The second kappa shape index (κ2) is 13.8. The van der Waals surface area contributed by atoms with Gasteiger partial charge in [0, 0.05) is 24.6 Å². The van der Waals surface area contributed by atoms with Crippen molar-refractivity contribution >= 4 is 18.2 Å². The van der Waals surface area contributed by atoms with Gasteiger partial charge in [-0.3, -0.25) is 9.58 Å². The van der Waals surface area contributed by atoms with E-state index in [1.807, 2.05) is 6.92 Å². The van der Waals surface area contributed by atoms with E-state index in [-0.39, 0.29) is 43.7 Å². The Kier molecular flexibility index (Phi) is 10.9. The number of alkyl halides is 2. The first-order valence-electron chi connectivity index (χ1n) is 14.7. The number of carbonyl (C=O) groups excluding carboxylic acids is 3. The molecule has 0 bridgehead atoms. The molecule has 0 fully saturated rings. The van der Waals surface area contributed by atoms with Gasteiger partial charge in [-0.25, -0.2) is 14.4 Å². The quantitative estimate of drug-likeness (QED) is 0.235. The summed E-state index contributed by atoms with van der Waals surface area (Å²) in [7, 11) is 0. The average molecular weight is 623 g/mol. The van der Waals surface area contributed by atoms with Crippen LogP contribution in [0.1, 0.15) is 95.7 Å². The maximum absolute atomic E-state index is 13.4. The third kappa shape index (κ3) is 9.06. The van der Waals surface area contributed by atoms with Gasteiger partial charge < -0.3 is 23.8 Å². The highest BCUT2D eigenvalue weighted by molar-refractivity contribution is 5.90. The fourth-order valence-electron chi connectivity index (χ4n) is 4.82. The molecule has 0 aliphatic carbocycles. The van der Waals surface area contributed by atoms with Gasteiger partial charge in [-0.1, -0.05) is 12.1 Å². The maximum atomic E-state index is 13.4. The van der Waals surface area contributed by atoms with Crippen LogP contribution in [0.2, 0.25) is 0 Å². The van der Waals surface area contributed by atoms with E-state index in [0.29, 0.717) is 23.2 Å². The summed E-state index contributed by atoms with van der Waals surface area (Å²) < 4.78 is 47.9. The van der Waals surface area contributed by atoms with Gasteiger partial charge in [0.25, 0.3) is 0 Å². The van der Waals surface area contributed by atoms with Gasteiger partial charge >= 0.3 is 24.8 Å². The summed E-state index contributed by atoms with van der Waals surface area (Å²) in [6.07, 6.45) is -0.696. The Bertz CT molecular complexity index is 1320. The molecule has 0 radical (unpaired) electrons. The van der Waals surface area contributed by atoms with E-state index in [0.717, 1.165) is 0 Å². The van der Waals surface area contributed by atoms with Gasteiger partial charge in [0.2, 0.25) is 0 Å². The molecule has 0 saturated carbocycles. The lowest BCUT2D eigenvalue weighted by molar-refractivity contribution is -0.0498. The Morgan fingerprint density at radius 1 is 1.05 bits per heavy atom. The number of hydrogen-bond donors (Lipinski definition) is 0. The molecule has 1 aromatic heterocycles. The van der Waals surface area contributed by atoms with Crippen molar-refractivity contribution in [3.63, 3.8) is 0 Å². The second-order valence-electron chi connectivity index (χ2n) is 12.7. The van der Waals surface area contributed by atoms with Crippen molar-refractivity contribution in [3.8, 4) is 5.75 Å². The second-order valence-corrected chi connectivity index (χ2v) is 12.7. The maximum Gasteiger partial charge on any atom is 0.410 e. The van der Waals surface area contributed by atoms with Crippen molar-refractivity contribution in [2.75, 3.05) is 13.2 Å². The minimum Gasteiger partial charge on any atom is -0.461 e. The monoisotopic (exact) mass is 622 g/mol. The Labute approximate surface area is 257 Å². The van der Waals surface area contributed by atoms with Crippen LogP contribution in [-0.2, 0) is 33.7 Å². The molecule has 2 amide bonds. The lowest BCUT2D eigenvalue weighted by Gasteiger charge is -2.34. The van der Waals surface area contributed by atoms with E-state index in [9.17, 15) is 23.2 Å². The summed E-state index contributed by atoms with van der Waals surface area (Å²) in [5.74, 6) is -0.595. The highest BCUT2D eigenvalue weighted by atomic mass is 19.3. The van der Waals surface area contributed by atoms with E-state index in [2.05, 4.69) is 4.74 Å². The molecule has 0 saturated heterocycles. The minimum absolute atomic E-state index is 0.00405. The third-order valence-corrected chi connectivity index (χ3v) is 6.82. The molecule has 1 unspecified atom stereocenters. The molecule has 0 N–H and O–H groups in total.